The van der Waals surface area contributed by atoms with E-state index in [1.807, 2.05) is 4.72 Å². The molecule has 9 heteroatoms. The van der Waals surface area contributed by atoms with Crippen molar-refractivity contribution in [2.45, 2.75) is 31.7 Å². The molecule has 1 aromatic rings. The van der Waals surface area contributed by atoms with E-state index in [0.717, 1.165) is 0 Å². The molecule has 0 fully saturated rings. The Labute approximate surface area is 115 Å². The van der Waals surface area contributed by atoms with Crippen LogP contribution in [-0.2, 0) is 14.8 Å². The fraction of sp³-hybridized carbons (Fsp3) is 0.364. The number of aryl methyl sites for hydroxylation is 1. The first-order valence-corrected chi connectivity index (χ1v) is 7.05. The van der Waals surface area contributed by atoms with Crippen molar-refractivity contribution in [1.82, 2.24) is 4.72 Å². The lowest BCUT2D eigenvalue weighted by Gasteiger charge is -2.13. The van der Waals surface area contributed by atoms with Gasteiger partial charge in [0.2, 0.25) is 10.0 Å². The van der Waals surface area contributed by atoms with E-state index >= 15 is 0 Å². The number of sulfonamides is 1. The third kappa shape index (κ3) is 3.31. The molecule has 110 valence electrons. The van der Waals surface area contributed by atoms with Gasteiger partial charge in [-0.05, 0) is 32.4 Å². The molecule has 0 saturated heterocycles. The van der Waals surface area contributed by atoms with Crippen molar-refractivity contribution in [3.05, 3.63) is 33.4 Å². The minimum Gasteiger partial charge on any atom is -0.480 e. The van der Waals surface area contributed by atoms with Gasteiger partial charge in [-0.15, -0.1) is 0 Å². The summed E-state index contributed by atoms with van der Waals surface area (Å²) >= 11 is 0. The molecular formula is C11H14N2O6S. The van der Waals surface area contributed by atoms with Crippen molar-refractivity contribution < 1.29 is 23.2 Å². The third-order valence-electron chi connectivity index (χ3n) is 2.67. The summed E-state index contributed by atoms with van der Waals surface area (Å²) in [6.45, 7) is 3.99. The van der Waals surface area contributed by atoms with Gasteiger partial charge in [0.1, 0.15) is 6.04 Å². The number of benzene rings is 1. The Morgan fingerprint density at radius 2 is 1.95 bits per heavy atom. The third-order valence-corrected chi connectivity index (χ3v) is 4.33. The number of nitro benzene ring substituents is 1. The Morgan fingerprint density at radius 1 is 1.40 bits per heavy atom. The fourth-order valence-electron chi connectivity index (χ4n) is 1.62. The summed E-state index contributed by atoms with van der Waals surface area (Å²) in [5.74, 6) is -1.34. The highest BCUT2D eigenvalue weighted by Gasteiger charge is 2.27. The Kier molecular flexibility index (Phi) is 4.46. The highest BCUT2D eigenvalue weighted by Crippen LogP contribution is 2.27. The molecule has 1 aromatic carbocycles. The SMILES string of the molecule is Cc1cc([N+](=O)[O-])c(C)c(S(=O)(=O)N[C@H](C)C(=O)O)c1. The Bertz CT molecular complexity index is 668. The van der Waals surface area contributed by atoms with E-state index in [2.05, 4.69) is 0 Å². The minimum atomic E-state index is -4.15. The van der Waals surface area contributed by atoms with Crippen LogP contribution in [0.1, 0.15) is 18.1 Å². The normalized spacial score (nSPS) is 12.9. The van der Waals surface area contributed by atoms with Crippen LogP contribution in [0.2, 0.25) is 0 Å². The van der Waals surface area contributed by atoms with Crippen molar-refractivity contribution in [3.63, 3.8) is 0 Å². The van der Waals surface area contributed by atoms with Crippen LogP contribution in [0.4, 0.5) is 5.69 Å². The van der Waals surface area contributed by atoms with Crippen molar-refractivity contribution in [3.8, 4) is 0 Å². The molecule has 0 aliphatic heterocycles. The maximum Gasteiger partial charge on any atom is 0.321 e. The summed E-state index contributed by atoms with van der Waals surface area (Å²) in [7, 11) is -4.15. The molecule has 0 amide bonds. The van der Waals surface area contributed by atoms with Gasteiger partial charge in [0.15, 0.2) is 0 Å². The van der Waals surface area contributed by atoms with Crippen LogP contribution in [0.5, 0.6) is 0 Å². The van der Waals surface area contributed by atoms with Gasteiger partial charge in [-0.1, -0.05) is 0 Å². The maximum absolute atomic E-state index is 12.1. The van der Waals surface area contributed by atoms with E-state index in [1.54, 1.807) is 0 Å². The molecule has 1 rings (SSSR count). The zero-order valence-corrected chi connectivity index (χ0v) is 11.9. The smallest absolute Gasteiger partial charge is 0.321 e. The Morgan fingerprint density at radius 3 is 2.40 bits per heavy atom. The fourth-order valence-corrected chi connectivity index (χ4v) is 3.16. The molecule has 1 atom stereocenters. The molecule has 20 heavy (non-hydrogen) atoms. The molecule has 0 unspecified atom stereocenters. The van der Waals surface area contributed by atoms with Gasteiger partial charge in [0.05, 0.1) is 9.82 Å². The molecule has 0 bridgehead atoms. The predicted molar refractivity (Wildman–Crippen MR) is 70.0 cm³/mol. The number of carboxylic acids is 1. The van der Waals surface area contributed by atoms with E-state index in [1.165, 1.54) is 32.9 Å². The summed E-state index contributed by atoms with van der Waals surface area (Å²) < 4.78 is 26.2. The molecule has 0 heterocycles. The average Bonchev–Trinajstić information content (AvgIpc) is 2.30. The maximum atomic E-state index is 12.1. The zero-order chi connectivity index (χ0) is 15.7. The van der Waals surface area contributed by atoms with Crippen LogP contribution in [0.15, 0.2) is 17.0 Å². The van der Waals surface area contributed by atoms with Crippen molar-refractivity contribution >= 4 is 21.7 Å². The van der Waals surface area contributed by atoms with Crippen LogP contribution in [0.3, 0.4) is 0 Å². The standard InChI is InChI=1S/C11H14N2O6S/c1-6-4-9(13(16)17)7(2)10(5-6)20(18,19)12-8(3)11(14)15/h4-5,8,12H,1-3H3,(H,14,15)/t8-/m1/s1. The summed E-state index contributed by atoms with van der Waals surface area (Å²) in [5.41, 5.74) is 0.0321. The summed E-state index contributed by atoms with van der Waals surface area (Å²) in [5, 5.41) is 19.6. The number of nitro groups is 1. The summed E-state index contributed by atoms with van der Waals surface area (Å²) in [6.07, 6.45) is 0. The predicted octanol–water partition coefficient (Wildman–Crippen LogP) is 0.963. The van der Waals surface area contributed by atoms with Gasteiger partial charge in [-0.3, -0.25) is 14.9 Å². The Balaban J connectivity index is 3.39. The second kappa shape index (κ2) is 5.55. The lowest BCUT2D eigenvalue weighted by Crippen LogP contribution is -2.38. The second-order valence-electron chi connectivity index (χ2n) is 4.35. The Hall–Kier alpha value is -2.00. The van der Waals surface area contributed by atoms with Gasteiger partial charge < -0.3 is 5.11 Å². The number of rotatable bonds is 5. The molecule has 2 N–H and O–H groups in total. The number of hydrogen-bond donors (Lipinski definition) is 2. The quantitative estimate of drug-likeness (QED) is 0.616. The van der Waals surface area contributed by atoms with Gasteiger partial charge in [-0.25, -0.2) is 8.42 Å². The lowest BCUT2D eigenvalue weighted by molar-refractivity contribution is -0.385. The number of carbonyl (C=O) groups is 1. The lowest BCUT2D eigenvalue weighted by atomic mass is 10.1. The van der Waals surface area contributed by atoms with Gasteiger partial charge in [-0.2, -0.15) is 4.72 Å². The van der Waals surface area contributed by atoms with Crippen molar-refractivity contribution in [1.29, 1.82) is 0 Å². The van der Waals surface area contributed by atoms with E-state index in [4.69, 9.17) is 5.11 Å². The number of nitrogens with zero attached hydrogens (tertiary/aromatic N) is 1. The summed E-state index contributed by atoms with van der Waals surface area (Å²) in [6, 6.07) is 1.19. The highest BCUT2D eigenvalue weighted by molar-refractivity contribution is 7.89. The highest BCUT2D eigenvalue weighted by atomic mass is 32.2. The van der Waals surface area contributed by atoms with E-state index in [0.29, 0.717) is 5.56 Å². The molecule has 0 radical (unpaired) electrons. The number of nitrogens with one attached hydrogen (secondary N) is 1. The first-order chi connectivity index (χ1) is 9.06. The molecule has 8 nitrogen and oxygen atoms in total. The minimum absolute atomic E-state index is 0.0364. The van der Waals surface area contributed by atoms with Crippen LogP contribution in [-0.4, -0.2) is 30.5 Å². The van der Waals surface area contributed by atoms with Crippen LogP contribution >= 0.6 is 0 Å². The van der Waals surface area contributed by atoms with Crippen LogP contribution < -0.4 is 4.72 Å². The van der Waals surface area contributed by atoms with Crippen molar-refractivity contribution in [2.75, 3.05) is 0 Å². The molecule has 0 spiro atoms. The molecule has 0 aromatic heterocycles. The molecular weight excluding hydrogens is 288 g/mol. The molecule has 0 aliphatic carbocycles. The number of aliphatic carboxylic acids is 1. The number of hydrogen-bond acceptors (Lipinski definition) is 5. The molecule has 0 saturated carbocycles. The van der Waals surface area contributed by atoms with Gasteiger partial charge in [0, 0.05) is 11.6 Å². The zero-order valence-electron chi connectivity index (χ0n) is 11.1. The van der Waals surface area contributed by atoms with E-state index in [-0.39, 0.29) is 16.1 Å². The van der Waals surface area contributed by atoms with Crippen molar-refractivity contribution in [2.24, 2.45) is 0 Å². The largest absolute Gasteiger partial charge is 0.480 e. The van der Waals surface area contributed by atoms with Crippen LogP contribution in [0.25, 0.3) is 0 Å². The van der Waals surface area contributed by atoms with E-state index in [9.17, 15) is 23.3 Å². The van der Waals surface area contributed by atoms with Crippen LogP contribution in [0, 0.1) is 24.0 Å². The van der Waals surface area contributed by atoms with Gasteiger partial charge >= 0.3 is 5.97 Å². The monoisotopic (exact) mass is 302 g/mol. The van der Waals surface area contributed by atoms with E-state index < -0.39 is 27.0 Å². The second-order valence-corrected chi connectivity index (χ2v) is 6.03. The first-order valence-electron chi connectivity index (χ1n) is 5.57. The first kappa shape index (κ1) is 16.1. The number of carboxylic acid groups (broad SMARTS) is 1. The topological polar surface area (TPSA) is 127 Å². The van der Waals surface area contributed by atoms with Gasteiger partial charge in [0.25, 0.3) is 5.69 Å². The summed E-state index contributed by atoms with van der Waals surface area (Å²) in [4.78, 5) is 20.6. The molecule has 0 aliphatic rings. The average molecular weight is 302 g/mol.